The first kappa shape index (κ1) is 14.1. The molecule has 0 aliphatic carbocycles. The van der Waals surface area contributed by atoms with Crippen molar-refractivity contribution >= 4 is 54.2 Å². The van der Waals surface area contributed by atoms with Crippen LogP contribution in [0, 0.1) is 0 Å². The molecule has 3 heteroatoms. The van der Waals surface area contributed by atoms with Crippen LogP contribution in [0.15, 0.2) is 69.6 Å². The van der Waals surface area contributed by atoms with E-state index < -0.39 is 0 Å². The highest BCUT2D eigenvalue weighted by Crippen LogP contribution is 2.36. The lowest BCUT2D eigenvalue weighted by Gasteiger charge is -2.14. The summed E-state index contributed by atoms with van der Waals surface area (Å²) < 4.78 is 2.04. The smallest absolute Gasteiger partial charge is 0.0842 e. The highest BCUT2D eigenvalue weighted by molar-refractivity contribution is 9.11. The third-order valence-electron chi connectivity index (χ3n) is 3.27. The van der Waals surface area contributed by atoms with Crippen molar-refractivity contribution in [3.8, 4) is 0 Å². The van der Waals surface area contributed by atoms with Gasteiger partial charge in [-0.25, -0.2) is 0 Å². The zero-order valence-corrected chi connectivity index (χ0v) is 14.4. The van der Waals surface area contributed by atoms with E-state index in [2.05, 4.69) is 74.3 Å². The van der Waals surface area contributed by atoms with Gasteiger partial charge < -0.3 is 0 Å². The molecule has 0 radical (unpaired) electrons. The van der Waals surface area contributed by atoms with E-state index in [1.165, 1.54) is 10.8 Å². The molecule has 100 valence electrons. The molecule has 0 spiro atoms. The summed E-state index contributed by atoms with van der Waals surface area (Å²) in [5, 5.41) is 2.24. The van der Waals surface area contributed by atoms with Gasteiger partial charge >= 0.3 is 0 Å². The Bertz CT molecular complexity index is 742. The minimum atomic E-state index is -0.171. The van der Waals surface area contributed by atoms with E-state index in [1.54, 1.807) is 0 Å². The fourth-order valence-corrected chi connectivity index (χ4v) is 4.02. The molecule has 3 aromatic rings. The molecule has 0 bridgehead atoms. The highest BCUT2D eigenvalue weighted by Gasteiger charge is 2.14. The normalized spacial score (nSPS) is 12.6. The largest absolute Gasteiger partial charge is 0.113 e. The zero-order valence-electron chi connectivity index (χ0n) is 10.5. The first-order chi connectivity index (χ1) is 9.65. The lowest BCUT2D eigenvalue weighted by atomic mass is 9.98. The van der Waals surface area contributed by atoms with Crippen molar-refractivity contribution in [3.05, 3.63) is 80.7 Å². The van der Waals surface area contributed by atoms with Crippen LogP contribution < -0.4 is 0 Å². The molecule has 1 unspecified atom stereocenters. The van der Waals surface area contributed by atoms with Gasteiger partial charge in [-0.2, -0.15) is 0 Å². The van der Waals surface area contributed by atoms with E-state index in [0.717, 1.165) is 20.1 Å². The molecule has 1 atom stereocenters. The average molecular weight is 411 g/mol. The molecule has 0 saturated carbocycles. The SMILES string of the molecule is ClC(c1cc(Br)cc(Br)c1)c1cccc2ccccc12. The van der Waals surface area contributed by atoms with Gasteiger partial charge in [0.05, 0.1) is 5.38 Å². The molecule has 0 aliphatic rings. The molecule has 0 aromatic heterocycles. The lowest BCUT2D eigenvalue weighted by Crippen LogP contribution is -1.95. The van der Waals surface area contributed by atoms with Crippen LogP contribution in [-0.4, -0.2) is 0 Å². The predicted molar refractivity (Wildman–Crippen MR) is 93.5 cm³/mol. The van der Waals surface area contributed by atoms with Gasteiger partial charge in [-0.1, -0.05) is 74.3 Å². The van der Waals surface area contributed by atoms with Gasteiger partial charge in [0.1, 0.15) is 0 Å². The highest BCUT2D eigenvalue weighted by atomic mass is 79.9. The van der Waals surface area contributed by atoms with Gasteiger partial charge in [0.25, 0.3) is 0 Å². The number of rotatable bonds is 2. The third-order valence-corrected chi connectivity index (χ3v) is 4.68. The summed E-state index contributed by atoms with van der Waals surface area (Å²) in [5.74, 6) is 0. The van der Waals surface area contributed by atoms with E-state index in [1.807, 2.05) is 18.2 Å². The summed E-state index contributed by atoms with van der Waals surface area (Å²) in [4.78, 5) is 0. The Morgan fingerprint density at radius 1 is 0.800 bits per heavy atom. The second kappa shape index (κ2) is 5.88. The van der Waals surface area contributed by atoms with Crippen molar-refractivity contribution in [2.45, 2.75) is 5.38 Å². The maximum Gasteiger partial charge on any atom is 0.0842 e. The standard InChI is InChI=1S/C17H11Br2Cl/c18-13-8-12(9-14(19)10-13)17(20)16-7-3-5-11-4-1-2-6-15(11)16/h1-10,17H. The monoisotopic (exact) mass is 408 g/mol. The van der Waals surface area contributed by atoms with Crippen molar-refractivity contribution in [2.75, 3.05) is 0 Å². The zero-order chi connectivity index (χ0) is 14.1. The molecular formula is C17H11Br2Cl. The van der Waals surface area contributed by atoms with Gasteiger partial charge in [0.15, 0.2) is 0 Å². The Kier molecular flexibility index (Phi) is 4.16. The molecule has 0 amide bonds. The molecule has 0 saturated heterocycles. The molecule has 3 rings (SSSR count). The molecule has 20 heavy (non-hydrogen) atoms. The van der Waals surface area contributed by atoms with Crippen LogP contribution in [0.4, 0.5) is 0 Å². The number of benzene rings is 3. The van der Waals surface area contributed by atoms with E-state index in [0.29, 0.717) is 0 Å². The van der Waals surface area contributed by atoms with Gasteiger partial charge in [-0.3, -0.25) is 0 Å². The minimum absolute atomic E-state index is 0.171. The van der Waals surface area contributed by atoms with Crippen LogP contribution >= 0.6 is 43.5 Å². The van der Waals surface area contributed by atoms with E-state index in [9.17, 15) is 0 Å². The van der Waals surface area contributed by atoms with Crippen LogP contribution in [0.1, 0.15) is 16.5 Å². The topological polar surface area (TPSA) is 0 Å². The van der Waals surface area contributed by atoms with Crippen LogP contribution in [-0.2, 0) is 0 Å². The minimum Gasteiger partial charge on any atom is -0.113 e. The molecule has 0 heterocycles. The second-order valence-electron chi connectivity index (χ2n) is 4.63. The molecule has 0 aliphatic heterocycles. The number of halogens is 3. The maximum atomic E-state index is 6.71. The quantitative estimate of drug-likeness (QED) is 0.413. The first-order valence-electron chi connectivity index (χ1n) is 6.23. The Balaban J connectivity index is 2.15. The van der Waals surface area contributed by atoms with Gasteiger partial charge in [-0.15, -0.1) is 11.6 Å². The van der Waals surface area contributed by atoms with Crippen molar-refractivity contribution < 1.29 is 0 Å². The van der Waals surface area contributed by atoms with E-state index in [-0.39, 0.29) is 5.38 Å². The van der Waals surface area contributed by atoms with Crippen LogP contribution in [0.2, 0.25) is 0 Å². The first-order valence-corrected chi connectivity index (χ1v) is 8.25. The average Bonchev–Trinajstić information content (AvgIpc) is 2.45. The summed E-state index contributed by atoms with van der Waals surface area (Å²) >= 11 is 13.7. The Labute approximate surface area is 140 Å². The number of fused-ring (bicyclic) bond motifs is 1. The van der Waals surface area contributed by atoms with Crippen molar-refractivity contribution in [1.29, 1.82) is 0 Å². The number of alkyl halides is 1. The fraction of sp³-hybridized carbons (Fsp3) is 0.0588. The number of hydrogen-bond acceptors (Lipinski definition) is 0. The molecule has 0 fully saturated rings. The number of hydrogen-bond donors (Lipinski definition) is 0. The Morgan fingerprint density at radius 3 is 2.20 bits per heavy atom. The fourth-order valence-electron chi connectivity index (χ4n) is 2.37. The predicted octanol–water partition coefficient (Wildman–Crippen LogP) is 6.69. The third kappa shape index (κ3) is 2.78. The lowest BCUT2D eigenvalue weighted by molar-refractivity contribution is 1.15. The van der Waals surface area contributed by atoms with Crippen molar-refractivity contribution in [2.24, 2.45) is 0 Å². The van der Waals surface area contributed by atoms with E-state index in [4.69, 9.17) is 11.6 Å². The van der Waals surface area contributed by atoms with Crippen LogP contribution in [0.5, 0.6) is 0 Å². The van der Waals surface area contributed by atoms with Crippen LogP contribution in [0.25, 0.3) is 10.8 Å². The van der Waals surface area contributed by atoms with Gasteiger partial charge in [-0.05, 0) is 40.1 Å². The van der Waals surface area contributed by atoms with Gasteiger partial charge in [0.2, 0.25) is 0 Å². The van der Waals surface area contributed by atoms with Gasteiger partial charge in [0, 0.05) is 8.95 Å². The summed E-state index contributed by atoms with van der Waals surface area (Å²) in [6.07, 6.45) is 0. The molecule has 0 N–H and O–H groups in total. The Hall–Kier alpha value is -0.830. The maximum absolute atomic E-state index is 6.71. The van der Waals surface area contributed by atoms with Crippen LogP contribution in [0.3, 0.4) is 0 Å². The van der Waals surface area contributed by atoms with Crippen molar-refractivity contribution in [1.82, 2.24) is 0 Å². The molecular weight excluding hydrogens is 399 g/mol. The summed E-state index contributed by atoms with van der Waals surface area (Å²) in [5.41, 5.74) is 2.21. The second-order valence-corrected chi connectivity index (χ2v) is 6.90. The van der Waals surface area contributed by atoms with E-state index >= 15 is 0 Å². The molecule has 0 nitrogen and oxygen atoms in total. The molecule has 3 aromatic carbocycles. The summed E-state index contributed by atoms with van der Waals surface area (Å²) in [6.45, 7) is 0. The van der Waals surface area contributed by atoms with Crippen molar-refractivity contribution in [3.63, 3.8) is 0 Å². The Morgan fingerprint density at radius 2 is 1.45 bits per heavy atom. The summed E-state index contributed by atoms with van der Waals surface area (Å²) in [6, 6.07) is 20.7. The summed E-state index contributed by atoms with van der Waals surface area (Å²) in [7, 11) is 0.